The van der Waals surface area contributed by atoms with Crippen LogP contribution in [0.25, 0.3) is 0 Å². The van der Waals surface area contributed by atoms with Crippen LogP contribution >= 0.6 is 11.8 Å². The van der Waals surface area contributed by atoms with Gasteiger partial charge in [0.15, 0.2) is 0 Å². The zero-order valence-corrected chi connectivity index (χ0v) is 9.47. The van der Waals surface area contributed by atoms with Gasteiger partial charge in [0.25, 0.3) is 0 Å². The highest BCUT2D eigenvalue weighted by atomic mass is 32.2. The highest BCUT2D eigenvalue weighted by Crippen LogP contribution is 2.13. The lowest BCUT2D eigenvalue weighted by Gasteiger charge is -2.16. The van der Waals surface area contributed by atoms with Crippen LogP contribution in [0.5, 0.6) is 0 Å². The van der Waals surface area contributed by atoms with E-state index in [2.05, 4.69) is 5.32 Å². The van der Waals surface area contributed by atoms with E-state index in [0.29, 0.717) is 5.88 Å². The molecule has 1 aromatic carbocycles. The molecule has 2 amide bonds. The Labute approximate surface area is 92.7 Å². The number of amides is 2. The van der Waals surface area contributed by atoms with Crippen molar-refractivity contribution in [1.29, 1.82) is 0 Å². The van der Waals surface area contributed by atoms with Crippen LogP contribution in [-0.2, 0) is 0 Å². The van der Waals surface area contributed by atoms with Crippen molar-refractivity contribution < 1.29 is 9.18 Å². The van der Waals surface area contributed by atoms with Gasteiger partial charge in [-0.3, -0.25) is 0 Å². The number of hydrogen-bond acceptors (Lipinski definition) is 2. The molecule has 82 valence electrons. The minimum Gasteiger partial charge on any atom is -0.318 e. The lowest BCUT2D eigenvalue weighted by atomic mass is 10.3. The second kappa shape index (κ2) is 5.60. The first-order valence-corrected chi connectivity index (χ1v) is 5.80. The second-order valence-electron chi connectivity index (χ2n) is 3.03. The third-order valence-electron chi connectivity index (χ3n) is 1.78. The molecule has 0 bridgehead atoms. The molecule has 0 atom stereocenters. The number of halogens is 1. The maximum atomic E-state index is 13.2. The zero-order chi connectivity index (χ0) is 11.3. The van der Waals surface area contributed by atoms with Gasteiger partial charge in [-0.1, -0.05) is 12.1 Å². The highest BCUT2D eigenvalue weighted by molar-refractivity contribution is 7.98. The first kappa shape index (κ1) is 11.8. The van der Waals surface area contributed by atoms with E-state index < -0.39 is 5.82 Å². The number of hydrogen-bond donors (Lipinski definition) is 1. The van der Waals surface area contributed by atoms with Crippen LogP contribution in [0.4, 0.5) is 14.9 Å². The third-order valence-corrected chi connectivity index (χ3v) is 2.43. The van der Waals surface area contributed by atoms with Crippen LogP contribution in [0.2, 0.25) is 0 Å². The van der Waals surface area contributed by atoms with Crippen molar-refractivity contribution in [1.82, 2.24) is 4.90 Å². The number of carbonyl (C=O) groups excluding carboxylic acids is 1. The van der Waals surface area contributed by atoms with Gasteiger partial charge in [0.2, 0.25) is 0 Å². The molecule has 1 aromatic rings. The SMILES string of the molecule is CSCN(C)C(=O)Nc1ccccc1F. The predicted octanol–water partition coefficient (Wildman–Crippen LogP) is 2.61. The summed E-state index contributed by atoms with van der Waals surface area (Å²) in [4.78, 5) is 13.0. The molecule has 15 heavy (non-hydrogen) atoms. The van der Waals surface area contributed by atoms with E-state index in [0.717, 1.165) is 0 Å². The molecule has 0 radical (unpaired) electrons. The van der Waals surface area contributed by atoms with Crippen molar-refractivity contribution in [3.8, 4) is 0 Å². The van der Waals surface area contributed by atoms with Crippen LogP contribution in [0.15, 0.2) is 24.3 Å². The number of anilines is 1. The number of nitrogens with one attached hydrogen (secondary N) is 1. The molecule has 0 saturated carbocycles. The van der Waals surface area contributed by atoms with Gasteiger partial charge < -0.3 is 10.2 Å². The summed E-state index contributed by atoms with van der Waals surface area (Å²) in [6.07, 6.45) is 1.90. The fraction of sp³-hybridized carbons (Fsp3) is 0.300. The van der Waals surface area contributed by atoms with Gasteiger partial charge in [-0.15, -0.1) is 11.8 Å². The van der Waals surface area contributed by atoms with E-state index in [1.165, 1.54) is 28.8 Å². The number of carbonyl (C=O) groups is 1. The molecule has 0 saturated heterocycles. The van der Waals surface area contributed by atoms with Gasteiger partial charge in [-0.05, 0) is 18.4 Å². The van der Waals surface area contributed by atoms with Gasteiger partial charge in [0.05, 0.1) is 11.6 Å². The number of nitrogens with zero attached hydrogens (tertiary/aromatic N) is 1. The predicted molar refractivity (Wildman–Crippen MR) is 61.6 cm³/mol. The number of para-hydroxylation sites is 1. The maximum absolute atomic E-state index is 13.2. The normalized spacial score (nSPS) is 9.80. The Hall–Kier alpha value is -1.23. The molecule has 1 N–H and O–H groups in total. The Bertz CT molecular complexity index is 346. The fourth-order valence-corrected chi connectivity index (χ4v) is 1.53. The number of thioether (sulfide) groups is 1. The lowest BCUT2D eigenvalue weighted by Crippen LogP contribution is -2.31. The Morgan fingerprint density at radius 2 is 2.20 bits per heavy atom. The van der Waals surface area contributed by atoms with Crippen molar-refractivity contribution in [3.05, 3.63) is 30.1 Å². The molecule has 0 heterocycles. The molecular formula is C10H13FN2OS. The summed E-state index contributed by atoms with van der Waals surface area (Å²) < 4.78 is 13.2. The van der Waals surface area contributed by atoms with E-state index in [1.807, 2.05) is 6.26 Å². The van der Waals surface area contributed by atoms with Crippen molar-refractivity contribution in [2.45, 2.75) is 0 Å². The first-order valence-electron chi connectivity index (χ1n) is 4.40. The van der Waals surface area contributed by atoms with Crippen molar-refractivity contribution in [2.75, 3.05) is 24.5 Å². The van der Waals surface area contributed by atoms with Crippen molar-refractivity contribution in [3.63, 3.8) is 0 Å². The van der Waals surface area contributed by atoms with Crippen LogP contribution < -0.4 is 5.32 Å². The van der Waals surface area contributed by atoms with Gasteiger partial charge in [0, 0.05) is 7.05 Å². The Morgan fingerprint density at radius 3 is 2.80 bits per heavy atom. The number of urea groups is 1. The van der Waals surface area contributed by atoms with Gasteiger partial charge >= 0.3 is 6.03 Å². The molecule has 0 aromatic heterocycles. The Kier molecular flexibility index (Phi) is 4.42. The van der Waals surface area contributed by atoms with Crippen LogP contribution in [0.3, 0.4) is 0 Å². The average Bonchev–Trinajstić information content (AvgIpc) is 2.21. The van der Waals surface area contributed by atoms with Gasteiger partial charge in [-0.25, -0.2) is 9.18 Å². The molecule has 0 fully saturated rings. The first-order chi connectivity index (χ1) is 7.15. The summed E-state index contributed by atoms with van der Waals surface area (Å²) in [7, 11) is 1.66. The van der Waals surface area contributed by atoms with Crippen molar-refractivity contribution >= 4 is 23.5 Å². The average molecular weight is 228 g/mol. The van der Waals surface area contributed by atoms with Gasteiger partial charge in [-0.2, -0.15) is 0 Å². The molecule has 5 heteroatoms. The molecule has 0 aliphatic carbocycles. The van der Waals surface area contributed by atoms with E-state index >= 15 is 0 Å². The summed E-state index contributed by atoms with van der Waals surface area (Å²) in [6, 6.07) is 5.78. The molecule has 3 nitrogen and oxygen atoms in total. The summed E-state index contributed by atoms with van der Waals surface area (Å²) in [5.74, 6) is 0.142. The fourth-order valence-electron chi connectivity index (χ4n) is 1.03. The zero-order valence-electron chi connectivity index (χ0n) is 8.66. The largest absolute Gasteiger partial charge is 0.322 e. The molecule has 0 aliphatic rings. The number of rotatable bonds is 3. The standard InChI is InChI=1S/C10H13FN2OS/c1-13(7-15-2)10(14)12-9-6-4-3-5-8(9)11/h3-6H,7H2,1-2H3,(H,12,14). The van der Waals surface area contributed by atoms with Crippen LogP contribution in [0, 0.1) is 5.82 Å². The van der Waals surface area contributed by atoms with E-state index in [4.69, 9.17) is 0 Å². The smallest absolute Gasteiger partial charge is 0.318 e. The molecule has 0 spiro atoms. The molecule has 0 aliphatic heterocycles. The molecule has 1 rings (SSSR count). The molecular weight excluding hydrogens is 215 g/mol. The Morgan fingerprint density at radius 1 is 1.53 bits per heavy atom. The quantitative estimate of drug-likeness (QED) is 0.806. The van der Waals surface area contributed by atoms with E-state index in [9.17, 15) is 9.18 Å². The summed E-state index contributed by atoms with van der Waals surface area (Å²) in [6.45, 7) is 0. The third kappa shape index (κ3) is 3.43. The van der Waals surface area contributed by atoms with Crippen LogP contribution in [0.1, 0.15) is 0 Å². The van der Waals surface area contributed by atoms with Crippen molar-refractivity contribution in [2.24, 2.45) is 0 Å². The highest BCUT2D eigenvalue weighted by Gasteiger charge is 2.09. The Balaban J connectivity index is 2.62. The van der Waals surface area contributed by atoms with Gasteiger partial charge in [0.1, 0.15) is 5.82 Å². The summed E-state index contributed by atoms with van der Waals surface area (Å²) in [5.41, 5.74) is 0.204. The minimum atomic E-state index is -0.427. The number of benzene rings is 1. The molecule has 0 unspecified atom stereocenters. The van der Waals surface area contributed by atoms with E-state index in [-0.39, 0.29) is 11.7 Å². The van der Waals surface area contributed by atoms with E-state index in [1.54, 1.807) is 19.2 Å². The minimum absolute atomic E-state index is 0.204. The summed E-state index contributed by atoms with van der Waals surface area (Å²) in [5, 5.41) is 2.49. The lowest BCUT2D eigenvalue weighted by molar-refractivity contribution is 0.229. The monoisotopic (exact) mass is 228 g/mol. The maximum Gasteiger partial charge on any atom is 0.322 e. The van der Waals surface area contributed by atoms with Crippen LogP contribution in [-0.4, -0.2) is 30.1 Å². The topological polar surface area (TPSA) is 32.3 Å². The summed E-state index contributed by atoms with van der Waals surface area (Å²) >= 11 is 1.52. The second-order valence-corrected chi connectivity index (χ2v) is 3.86.